The Kier molecular flexibility index (Phi) is 2.85. The zero-order chi connectivity index (χ0) is 11.0. The van der Waals surface area contributed by atoms with Crippen molar-refractivity contribution in [2.45, 2.75) is 25.8 Å². The molecule has 0 fully saturated rings. The van der Waals surface area contributed by atoms with E-state index in [0.717, 1.165) is 13.0 Å². The SMILES string of the molecule is Cc1c[nH]c2c1C(N(C)C)CC(CN)C2. The van der Waals surface area contributed by atoms with Crippen molar-refractivity contribution in [3.63, 3.8) is 0 Å². The van der Waals surface area contributed by atoms with Crippen molar-refractivity contribution < 1.29 is 0 Å². The maximum Gasteiger partial charge on any atom is 0.0365 e. The maximum absolute atomic E-state index is 5.80. The van der Waals surface area contributed by atoms with Crippen LogP contribution in [0, 0.1) is 12.8 Å². The van der Waals surface area contributed by atoms with E-state index in [4.69, 9.17) is 5.73 Å². The second-order valence-electron chi connectivity index (χ2n) is 4.88. The molecule has 0 saturated carbocycles. The molecule has 0 amide bonds. The highest BCUT2D eigenvalue weighted by Gasteiger charge is 2.29. The molecule has 3 N–H and O–H groups in total. The van der Waals surface area contributed by atoms with Crippen LogP contribution in [0.4, 0.5) is 0 Å². The molecule has 0 aliphatic heterocycles. The predicted octanol–water partition coefficient (Wildman–Crippen LogP) is 1.45. The zero-order valence-corrected chi connectivity index (χ0v) is 9.88. The highest BCUT2D eigenvalue weighted by atomic mass is 15.1. The molecular formula is C12H21N3. The molecule has 0 spiro atoms. The average molecular weight is 207 g/mol. The Labute approximate surface area is 91.7 Å². The Hall–Kier alpha value is -0.800. The van der Waals surface area contributed by atoms with E-state index in [1.807, 2.05) is 0 Å². The Morgan fingerprint density at radius 3 is 2.87 bits per heavy atom. The van der Waals surface area contributed by atoms with Gasteiger partial charge in [0.2, 0.25) is 0 Å². The Morgan fingerprint density at radius 1 is 1.53 bits per heavy atom. The normalized spacial score (nSPS) is 25.7. The van der Waals surface area contributed by atoms with Crippen molar-refractivity contribution in [3.8, 4) is 0 Å². The van der Waals surface area contributed by atoms with E-state index < -0.39 is 0 Å². The van der Waals surface area contributed by atoms with E-state index in [9.17, 15) is 0 Å². The predicted molar refractivity (Wildman–Crippen MR) is 62.8 cm³/mol. The van der Waals surface area contributed by atoms with Gasteiger partial charge < -0.3 is 15.6 Å². The second-order valence-corrected chi connectivity index (χ2v) is 4.88. The summed E-state index contributed by atoms with van der Waals surface area (Å²) in [4.78, 5) is 5.70. The third kappa shape index (κ3) is 1.82. The number of aromatic nitrogens is 1. The molecular weight excluding hydrogens is 186 g/mol. The van der Waals surface area contributed by atoms with E-state index in [1.54, 1.807) is 0 Å². The number of H-pyrrole nitrogens is 1. The van der Waals surface area contributed by atoms with Crippen LogP contribution in [0.25, 0.3) is 0 Å². The van der Waals surface area contributed by atoms with Crippen molar-refractivity contribution in [1.82, 2.24) is 9.88 Å². The Balaban J connectivity index is 2.36. The Bertz CT molecular complexity index is 341. The third-order valence-corrected chi connectivity index (χ3v) is 3.55. The van der Waals surface area contributed by atoms with Crippen molar-refractivity contribution in [2.24, 2.45) is 11.7 Å². The summed E-state index contributed by atoms with van der Waals surface area (Å²) in [5, 5.41) is 0. The number of fused-ring (bicyclic) bond motifs is 1. The summed E-state index contributed by atoms with van der Waals surface area (Å²) >= 11 is 0. The highest BCUT2D eigenvalue weighted by Crippen LogP contribution is 2.37. The summed E-state index contributed by atoms with van der Waals surface area (Å²) in [5.41, 5.74) is 10.1. The van der Waals surface area contributed by atoms with Gasteiger partial charge in [-0.3, -0.25) is 0 Å². The molecule has 0 bridgehead atoms. The number of hydrogen-bond donors (Lipinski definition) is 2. The average Bonchev–Trinajstić information content (AvgIpc) is 2.59. The van der Waals surface area contributed by atoms with Gasteiger partial charge in [-0.25, -0.2) is 0 Å². The van der Waals surface area contributed by atoms with E-state index in [-0.39, 0.29) is 0 Å². The van der Waals surface area contributed by atoms with Crippen LogP contribution in [0.5, 0.6) is 0 Å². The third-order valence-electron chi connectivity index (χ3n) is 3.55. The van der Waals surface area contributed by atoms with Crippen LogP contribution < -0.4 is 5.73 Å². The number of rotatable bonds is 2. The lowest BCUT2D eigenvalue weighted by atomic mass is 9.82. The van der Waals surface area contributed by atoms with Crippen molar-refractivity contribution in [3.05, 3.63) is 23.0 Å². The molecule has 15 heavy (non-hydrogen) atoms. The van der Waals surface area contributed by atoms with Gasteiger partial charge in [-0.1, -0.05) is 0 Å². The molecule has 1 aromatic rings. The quantitative estimate of drug-likeness (QED) is 0.771. The molecule has 1 aliphatic carbocycles. The van der Waals surface area contributed by atoms with Gasteiger partial charge in [0.25, 0.3) is 0 Å². The van der Waals surface area contributed by atoms with Gasteiger partial charge >= 0.3 is 0 Å². The van der Waals surface area contributed by atoms with Crippen molar-refractivity contribution in [2.75, 3.05) is 20.6 Å². The largest absolute Gasteiger partial charge is 0.364 e. The van der Waals surface area contributed by atoms with Crippen molar-refractivity contribution in [1.29, 1.82) is 0 Å². The van der Waals surface area contributed by atoms with Crippen LogP contribution in [0.2, 0.25) is 0 Å². The van der Waals surface area contributed by atoms with Gasteiger partial charge in [-0.15, -0.1) is 0 Å². The number of nitrogens with one attached hydrogen (secondary N) is 1. The van der Waals surface area contributed by atoms with Gasteiger partial charge in [0.1, 0.15) is 0 Å². The molecule has 0 radical (unpaired) electrons. The van der Waals surface area contributed by atoms with Gasteiger partial charge in [-0.2, -0.15) is 0 Å². The second kappa shape index (κ2) is 3.99. The summed E-state index contributed by atoms with van der Waals surface area (Å²) < 4.78 is 0. The van der Waals surface area contributed by atoms with E-state index in [1.165, 1.54) is 23.2 Å². The van der Waals surface area contributed by atoms with E-state index >= 15 is 0 Å². The molecule has 2 atom stereocenters. The highest BCUT2D eigenvalue weighted by molar-refractivity contribution is 5.35. The van der Waals surface area contributed by atoms with E-state index in [2.05, 4.69) is 37.1 Å². The first-order chi connectivity index (χ1) is 7.13. The zero-order valence-electron chi connectivity index (χ0n) is 9.88. The van der Waals surface area contributed by atoms with Gasteiger partial charge in [0.15, 0.2) is 0 Å². The fourth-order valence-corrected chi connectivity index (χ4v) is 2.68. The summed E-state index contributed by atoms with van der Waals surface area (Å²) in [5.74, 6) is 0.628. The number of nitrogens with zero attached hydrogens (tertiary/aromatic N) is 1. The van der Waals surface area contributed by atoms with Crippen LogP contribution in [-0.2, 0) is 6.42 Å². The maximum atomic E-state index is 5.80. The van der Waals surface area contributed by atoms with Gasteiger partial charge in [-0.05, 0) is 57.5 Å². The van der Waals surface area contributed by atoms with Crippen molar-refractivity contribution >= 4 is 0 Å². The fourth-order valence-electron chi connectivity index (χ4n) is 2.68. The molecule has 0 saturated heterocycles. The Morgan fingerprint density at radius 2 is 2.27 bits per heavy atom. The lowest BCUT2D eigenvalue weighted by Crippen LogP contribution is -2.31. The minimum atomic E-state index is 0.536. The molecule has 1 aliphatic rings. The van der Waals surface area contributed by atoms with Crippen LogP contribution in [0.3, 0.4) is 0 Å². The van der Waals surface area contributed by atoms with Crippen LogP contribution in [0.15, 0.2) is 6.20 Å². The summed E-state index contributed by atoms with van der Waals surface area (Å²) in [7, 11) is 4.31. The van der Waals surface area contributed by atoms with Crippen LogP contribution in [-0.4, -0.2) is 30.5 Å². The smallest absolute Gasteiger partial charge is 0.0365 e. The standard InChI is InChI=1S/C12H21N3/c1-8-7-14-10-4-9(6-13)5-11(12(8)10)15(2)3/h7,9,11,14H,4-6,13H2,1-3H3. The lowest BCUT2D eigenvalue weighted by Gasteiger charge is -2.33. The molecule has 3 heteroatoms. The summed E-state index contributed by atoms with van der Waals surface area (Å²) in [6, 6.07) is 0.536. The first-order valence-corrected chi connectivity index (χ1v) is 5.66. The molecule has 1 heterocycles. The molecule has 2 unspecified atom stereocenters. The van der Waals surface area contributed by atoms with E-state index in [0.29, 0.717) is 12.0 Å². The number of nitrogens with two attached hydrogens (primary N) is 1. The lowest BCUT2D eigenvalue weighted by molar-refractivity contribution is 0.231. The van der Waals surface area contributed by atoms with Gasteiger partial charge in [0.05, 0.1) is 0 Å². The summed E-state index contributed by atoms with van der Waals surface area (Å²) in [6.45, 7) is 2.98. The number of aryl methyl sites for hydroxylation is 1. The van der Waals surface area contributed by atoms with Gasteiger partial charge in [0, 0.05) is 17.9 Å². The topological polar surface area (TPSA) is 45.0 Å². The minimum absolute atomic E-state index is 0.536. The molecule has 0 aromatic carbocycles. The molecule has 3 nitrogen and oxygen atoms in total. The number of aromatic amines is 1. The monoisotopic (exact) mass is 207 g/mol. The number of hydrogen-bond acceptors (Lipinski definition) is 2. The summed E-state index contributed by atoms with van der Waals surface area (Å²) in [6.07, 6.45) is 4.43. The first-order valence-electron chi connectivity index (χ1n) is 5.66. The molecule has 1 aromatic heterocycles. The van der Waals surface area contributed by atoms with Crippen LogP contribution in [0.1, 0.15) is 29.3 Å². The first kappa shape index (κ1) is 10.7. The van der Waals surface area contributed by atoms with Crippen LogP contribution >= 0.6 is 0 Å². The fraction of sp³-hybridized carbons (Fsp3) is 0.667. The molecule has 84 valence electrons. The molecule has 2 rings (SSSR count). The minimum Gasteiger partial charge on any atom is -0.364 e.